The summed E-state index contributed by atoms with van der Waals surface area (Å²) in [7, 11) is 0. The molecule has 0 aliphatic rings. The number of aryl methyl sites for hydroxylation is 1. The number of aromatic nitrogens is 3. The number of hydrogen-bond acceptors (Lipinski definition) is 3. The van der Waals surface area contributed by atoms with E-state index in [9.17, 15) is 9.18 Å². The van der Waals surface area contributed by atoms with Crippen LogP contribution in [0.4, 0.5) is 4.39 Å². The molecule has 106 valence electrons. The summed E-state index contributed by atoms with van der Waals surface area (Å²) in [4.78, 5) is 11.2. The molecule has 0 amide bonds. The van der Waals surface area contributed by atoms with Crippen molar-refractivity contribution < 1.29 is 14.3 Å². The molecule has 2 rings (SSSR count). The van der Waals surface area contributed by atoms with Crippen molar-refractivity contribution in [2.45, 2.75) is 26.7 Å². The Kier molecular flexibility index (Phi) is 3.89. The van der Waals surface area contributed by atoms with Crippen LogP contribution in [0.25, 0.3) is 5.69 Å². The highest BCUT2D eigenvalue weighted by Crippen LogP contribution is 2.27. The third-order valence-electron chi connectivity index (χ3n) is 2.92. The zero-order chi connectivity index (χ0) is 15.0. The average Bonchev–Trinajstić information content (AvgIpc) is 2.78. The number of hydrogen-bond donors (Lipinski definition) is 1. The summed E-state index contributed by atoms with van der Waals surface area (Å²) in [5.41, 5.74) is 1.65. The van der Waals surface area contributed by atoms with Gasteiger partial charge in [-0.05, 0) is 46.5 Å². The lowest BCUT2D eigenvalue weighted by atomic mass is 10.1. The molecule has 1 aromatic heterocycles. The van der Waals surface area contributed by atoms with Crippen LogP contribution in [0.1, 0.15) is 41.5 Å². The van der Waals surface area contributed by atoms with Gasteiger partial charge in [0.25, 0.3) is 0 Å². The summed E-state index contributed by atoms with van der Waals surface area (Å²) >= 11 is 3.12. The van der Waals surface area contributed by atoms with Gasteiger partial charge in [-0.3, -0.25) is 0 Å². The molecular weight excluding hydrogens is 329 g/mol. The van der Waals surface area contributed by atoms with Crippen LogP contribution in [0.3, 0.4) is 0 Å². The Morgan fingerprint density at radius 2 is 2.10 bits per heavy atom. The summed E-state index contributed by atoms with van der Waals surface area (Å²) in [5.74, 6) is -1.59. The van der Waals surface area contributed by atoms with Crippen LogP contribution < -0.4 is 0 Å². The quantitative estimate of drug-likeness (QED) is 0.929. The molecule has 1 aromatic carbocycles. The molecule has 0 aliphatic carbocycles. The van der Waals surface area contributed by atoms with Crippen molar-refractivity contribution in [3.8, 4) is 5.69 Å². The number of rotatable bonds is 3. The number of aromatic carboxylic acids is 1. The molecule has 7 heteroatoms. The van der Waals surface area contributed by atoms with E-state index in [1.165, 1.54) is 10.7 Å². The van der Waals surface area contributed by atoms with Gasteiger partial charge >= 0.3 is 5.97 Å². The first kappa shape index (κ1) is 14.6. The van der Waals surface area contributed by atoms with E-state index in [4.69, 9.17) is 5.11 Å². The smallest absolute Gasteiger partial charge is 0.358 e. The van der Waals surface area contributed by atoms with Crippen molar-refractivity contribution in [1.29, 1.82) is 0 Å². The van der Waals surface area contributed by atoms with Crippen LogP contribution in [0, 0.1) is 12.7 Å². The van der Waals surface area contributed by atoms with Crippen LogP contribution in [-0.4, -0.2) is 26.1 Å². The first-order valence-electron chi connectivity index (χ1n) is 5.97. The second kappa shape index (κ2) is 5.32. The minimum absolute atomic E-state index is 0.0835. The molecule has 2 aromatic rings. The number of halogens is 2. The van der Waals surface area contributed by atoms with E-state index < -0.39 is 5.97 Å². The number of carboxylic acids is 1. The third kappa shape index (κ3) is 2.45. The van der Waals surface area contributed by atoms with E-state index in [0.29, 0.717) is 21.4 Å². The van der Waals surface area contributed by atoms with Gasteiger partial charge in [-0.1, -0.05) is 19.1 Å². The minimum Gasteiger partial charge on any atom is -0.476 e. The van der Waals surface area contributed by atoms with Crippen LogP contribution in [0.15, 0.2) is 16.6 Å². The summed E-state index contributed by atoms with van der Waals surface area (Å²) in [6, 6.07) is 2.93. The molecule has 0 spiro atoms. The van der Waals surface area contributed by atoms with Gasteiger partial charge in [-0.15, -0.1) is 5.10 Å². The van der Waals surface area contributed by atoms with Crippen LogP contribution in [0.2, 0.25) is 0 Å². The lowest BCUT2D eigenvalue weighted by Crippen LogP contribution is -2.09. The van der Waals surface area contributed by atoms with E-state index in [1.54, 1.807) is 13.0 Å². The van der Waals surface area contributed by atoms with E-state index >= 15 is 0 Å². The number of carbonyl (C=O) groups is 1. The van der Waals surface area contributed by atoms with Crippen molar-refractivity contribution in [3.63, 3.8) is 0 Å². The molecule has 0 saturated carbocycles. The largest absolute Gasteiger partial charge is 0.476 e. The molecule has 0 unspecified atom stereocenters. The van der Waals surface area contributed by atoms with Gasteiger partial charge in [-0.25, -0.2) is 13.9 Å². The van der Waals surface area contributed by atoms with Crippen LogP contribution in [-0.2, 0) is 0 Å². The normalized spacial score (nSPS) is 11.1. The molecule has 0 radical (unpaired) electrons. The molecule has 0 atom stereocenters. The Morgan fingerprint density at radius 1 is 1.45 bits per heavy atom. The van der Waals surface area contributed by atoms with Gasteiger partial charge in [0, 0.05) is 0 Å². The monoisotopic (exact) mass is 341 g/mol. The Morgan fingerprint density at radius 3 is 2.65 bits per heavy atom. The van der Waals surface area contributed by atoms with Crippen molar-refractivity contribution in [2.75, 3.05) is 0 Å². The standard InChI is InChI=1S/C13H13BrFN3O2/c1-6(2)12-11(13(19)20)16-17-18(12)10-5-8(14)9(15)4-7(10)3/h4-6H,1-3H3,(H,19,20). The van der Waals surface area contributed by atoms with Gasteiger partial charge < -0.3 is 5.11 Å². The Balaban J connectivity index is 2.70. The lowest BCUT2D eigenvalue weighted by molar-refractivity contribution is 0.0688. The van der Waals surface area contributed by atoms with Gasteiger partial charge in [0.1, 0.15) is 5.82 Å². The minimum atomic E-state index is -1.13. The molecule has 1 N–H and O–H groups in total. The second-order valence-electron chi connectivity index (χ2n) is 4.75. The number of carboxylic acid groups (broad SMARTS) is 1. The predicted octanol–water partition coefficient (Wildman–Crippen LogP) is 3.30. The highest BCUT2D eigenvalue weighted by molar-refractivity contribution is 9.10. The zero-order valence-corrected chi connectivity index (χ0v) is 12.8. The highest BCUT2D eigenvalue weighted by Gasteiger charge is 2.23. The molecule has 0 bridgehead atoms. The summed E-state index contributed by atoms with van der Waals surface area (Å²) in [5, 5.41) is 16.8. The van der Waals surface area contributed by atoms with E-state index in [2.05, 4.69) is 26.2 Å². The van der Waals surface area contributed by atoms with Crippen molar-refractivity contribution in [2.24, 2.45) is 0 Å². The van der Waals surface area contributed by atoms with Crippen molar-refractivity contribution in [3.05, 3.63) is 39.4 Å². The fraction of sp³-hybridized carbons (Fsp3) is 0.308. The molecule has 5 nitrogen and oxygen atoms in total. The maximum absolute atomic E-state index is 13.5. The molecular formula is C13H13BrFN3O2. The van der Waals surface area contributed by atoms with Crippen molar-refractivity contribution >= 4 is 21.9 Å². The first-order chi connectivity index (χ1) is 9.32. The molecule has 20 heavy (non-hydrogen) atoms. The fourth-order valence-corrected chi connectivity index (χ4v) is 2.33. The zero-order valence-electron chi connectivity index (χ0n) is 11.2. The average molecular weight is 342 g/mol. The van der Waals surface area contributed by atoms with Gasteiger partial charge in [0.2, 0.25) is 0 Å². The van der Waals surface area contributed by atoms with E-state index in [0.717, 1.165) is 0 Å². The Bertz CT molecular complexity index is 682. The number of nitrogens with zero attached hydrogens (tertiary/aromatic N) is 3. The summed E-state index contributed by atoms with van der Waals surface area (Å²) in [6.07, 6.45) is 0. The van der Waals surface area contributed by atoms with Gasteiger partial charge in [0.15, 0.2) is 5.69 Å². The first-order valence-corrected chi connectivity index (χ1v) is 6.77. The third-order valence-corrected chi connectivity index (χ3v) is 3.53. The van der Waals surface area contributed by atoms with Gasteiger partial charge in [-0.2, -0.15) is 0 Å². The molecule has 0 fully saturated rings. The molecule has 1 heterocycles. The maximum Gasteiger partial charge on any atom is 0.358 e. The SMILES string of the molecule is Cc1cc(F)c(Br)cc1-n1nnc(C(=O)O)c1C(C)C. The second-order valence-corrected chi connectivity index (χ2v) is 5.60. The molecule has 0 saturated heterocycles. The van der Waals surface area contributed by atoms with E-state index in [1.807, 2.05) is 13.8 Å². The van der Waals surface area contributed by atoms with Crippen LogP contribution in [0.5, 0.6) is 0 Å². The van der Waals surface area contributed by atoms with E-state index in [-0.39, 0.29) is 17.4 Å². The maximum atomic E-state index is 13.5. The number of benzene rings is 1. The van der Waals surface area contributed by atoms with Crippen molar-refractivity contribution in [1.82, 2.24) is 15.0 Å². The predicted molar refractivity (Wildman–Crippen MR) is 74.8 cm³/mol. The summed E-state index contributed by atoms with van der Waals surface area (Å²) in [6.45, 7) is 5.45. The Hall–Kier alpha value is -1.76. The summed E-state index contributed by atoms with van der Waals surface area (Å²) < 4.78 is 15.2. The Labute approximate surface area is 123 Å². The fourth-order valence-electron chi connectivity index (χ4n) is 2.00. The lowest BCUT2D eigenvalue weighted by Gasteiger charge is -2.12. The van der Waals surface area contributed by atoms with Crippen LogP contribution >= 0.6 is 15.9 Å². The molecule has 0 aliphatic heterocycles. The highest BCUT2D eigenvalue weighted by atomic mass is 79.9. The van der Waals surface area contributed by atoms with Gasteiger partial charge in [0.05, 0.1) is 15.9 Å². The topological polar surface area (TPSA) is 68.0 Å².